The van der Waals surface area contributed by atoms with Crippen LogP contribution >= 0.6 is 0 Å². The zero-order valence-corrected chi connectivity index (χ0v) is 21.4. The van der Waals surface area contributed by atoms with Crippen LogP contribution < -0.4 is 4.90 Å². The van der Waals surface area contributed by atoms with Gasteiger partial charge >= 0.3 is 0 Å². The lowest BCUT2D eigenvalue weighted by molar-refractivity contribution is -0.123. The number of hydrogen-bond donors (Lipinski definition) is 0. The molecule has 4 rings (SSSR count). The summed E-state index contributed by atoms with van der Waals surface area (Å²) in [4.78, 5) is 14.9. The predicted octanol–water partition coefficient (Wildman–Crippen LogP) is 4.83. The van der Waals surface area contributed by atoms with Crippen LogP contribution in [0.2, 0.25) is 0 Å². The van der Waals surface area contributed by atoms with Crippen LogP contribution in [0.15, 0.2) is 57.9 Å². The molecule has 184 valence electrons. The molecule has 8 heteroatoms. The average Bonchev–Trinajstić information content (AvgIpc) is 3.24. The first-order valence-corrected chi connectivity index (χ1v) is 13.2. The number of carbonyl (C=O) groups excluding carboxylic acids is 1. The Morgan fingerprint density at radius 1 is 1.09 bits per heavy atom. The molecule has 2 heterocycles. The standard InChI is InChI=1S/C27H31N3O4S/c1-19-10-12-22(13-11-19)14-15-25-26(21(3)28-34-25)35(32,33)30-16-6-8-23(18-30)27(31)29(4)24-9-5-7-20(2)17-24/h5,7,9-15,17,23H,6,8,16,18H2,1-4H3. The second kappa shape index (κ2) is 10.2. The Labute approximate surface area is 207 Å². The summed E-state index contributed by atoms with van der Waals surface area (Å²) < 4.78 is 34.1. The first kappa shape index (κ1) is 24.9. The van der Waals surface area contributed by atoms with E-state index in [1.165, 1.54) is 4.31 Å². The van der Waals surface area contributed by atoms with E-state index in [9.17, 15) is 13.2 Å². The fourth-order valence-corrected chi connectivity index (χ4v) is 6.15. The SMILES string of the molecule is Cc1ccc(C=Cc2onc(C)c2S(=O)(=O)N2CCCC(C(=O)N(C)c3cccc(C)c3)C2)cc1. The highest BCUT2D eigenvalue weighted by Gasteiger charge is 2.37. The molecule has 0 radical (unpaired) electrons. The van der Waals surface area contributed by atoms with E-state index < -0.39 is 15.9 Å². The van der Waals surface area contributed by atoms with Crippen molar-refractivity contribution in [3.05, 3.63) is 76.7 Å². The van der Waals surface area contributed by atoms with Gasteiger partial charge in [-0.15, -0.1) is 0 Å². The molecule has 0 spiro atoms. The highest BCUT2D eigenvalue weighted by molar-refractivity contribution is 7.89. The van der Waals surface area contributed by atoms with E-state index in [0.717, 1.165) is 22.4 Å². The van der Waals surface area contributed by atoms with Gasteiger partial charge in [-0.3, -0.25) is 4.79 Å². The Bertz CT molecular complexity index is 1340. The number of nitrogens with zero attached hydrogens (tertiary/aromatic N) is 3. The van der Waals surface area contributed by atoms with Crippen molar-refractivity contribution in [2.45, 2.75) is 38.5 Å². The van der Waals surface area contributed by atoms with Crippen LogP contribution in [-0.2, 0) is 14.8 Å². The molecule has 1 amide bonds. The zero-order chi connectivity index (χ0) is 25.2. The van der Waals surface area contributed by atoms with Gasteiger partial charge in [0.25, 0.3) is 0 Å². The summed E-state index contributed by atoms with van der Waals surface area (Å²) in [5, 5.41) is 3.93. The number of carbonyl (C=O) groups is 1. The van der Waals surface area contributed by atoms with E-state index in [2.05, 4.69) is 5.16 Å². The maximum atomic E-state index is 13.7. The summed E-state index contributed by atoms with van der Waals surface area (Å²) in [5.74, 6) is -0.318. The minimum absolute atomic E-state index is 0.0565. The van der Waals surface area contributed by atoms with Crippen LogP contribution in [0.25, 0.3) is 12.2 Å². The van der Waals surface area contributed by atoms with E-state index in [-0.39, 0.29) is 23.1 Å². The van der Waals surface area contributed by atoms with Crippen molar-refractivity contribution in [2.24, 2.45) is 5.92 Å². The quantitative estimate of drug-likeness (QED) is 0.491. The average molecular weight is 494 g/mol. The Hall–Kier alpha value is -3.23. The minimum atomic E-state index is -3.90. The number of sulfonamides is 1. The molecule has 1 unspecified atom stereocenters. The van der Waals surface area contributed by atoms with Crippen LogP contribution in [-0.4, -0.2) is 43.9 Å². The van der Waals surface area contributed by atoms with E-state index in [1.54, 1.807) is 31.0 Å². The fourth-order valence-electron chi connectivity index (χ4n) is 4.38. The lowest BCUT2D eigenvalue weighted by Gasteiger charge is -2.33. The van der Waals surface area contributed by atoms with Gasteiger partial charge in [0.15, 0.2) is 10.7 Å². The van der Waals surface area contributed by atoms with Crippen LogP contribution in [0.5, 0.6) is 0 Å². The third kappa shape index (κ3) is 5.39. The van der Waals surface area contributed by atoms with Crippen LogP contribution in [0.3, 0.4) is 0 Å². The van der Waals surface area contributed by atoms with Crippen LogP contribution in [0.1, 0.15) is 41.0 Å². The predicted molar refractivity (Wildman–Crippen MR) is 137 cm³/mol. The van der Waals surface area contributed by atoms with Crippen molar-refractivity contribution in [2.75, 3.05) is 25.0 Å². The highest BCUT2D eigenvalue weighted by atomic mass is 32.2. The van der Waals surface area contributed by atoms with Crippen molar-refractivity contribution in [1.82, 2.24) is 9.46 Å². The summed E-state index contributed by atoms with van der Waals surface area (Å²) in [5.41, 5.74) is 4.23. The minimum Gasteiger partial charge on any atom is -0.355 e. The summed E-state index contributed by atoms with van der Waals surface area (Å²) >= 11 is 0. The molecule has 0 saturated carbocycles. The Kier molecular flexibility index (Phi) is 7.23. The van der Waals surface area contributed by atoms with Gasteiger partial charge in [-0.25, -0.2) is 8.42 Å². The van der Waals surface area contributed by atoms with E-state index in [4.69, 9.17) is 4.52 Å². The maximum absolute atomic E-state index is 13.7. The molecule has 3 aromatic rings. The lowest BCUT2D eigenvalue weighted by Crippen LogP contribution is -2.46. The molecule has 0 bridgehead atoms. The molecule has 0 aliphatic carbocycles. The first-order chi connectivity index (χ1) is 16.7. The number of rotatable bonds is 6. The second-order valence-corrected chi connectivity index (χ2v) is 11.0. The summed E-state index contributed by atoms with van der Waals surface area (Å²) in [6.07, 6.45) is 4.69. The second-order valence-electron chi connectivity index (χ2n) is 9.14. The Balaban J connectivity index is 1.55. The van der Waals surface area contributed by atoms with Crippen molar-refractivity contribution in [1.29, 1.82) is 0 Å². The van der Waals surface area contributed by atoms with Gasteiger partial charge in [0.05, 0.1) is 5.92 Å². The van der Waals surface area contributed by atoms with Gasteiger partial charge in [0, 0.05) is 25.8 Å². The molecule has 35 heavy (non-hydrogen) atoms. The number of amides is 1. The fraction of sp³-hybridized carbons (Fsp3) is 0.333. The van der Waals surface area contributed by atoms with Gasteiger partial charge in [-0.1, -0.05) is 53.2 Å². The molecule has 1 fully saturated rings. The number of aromatic nitrogens is 1. The molecule has 1 saturated heterocycles. The molecule has 2 aromatic carbocycles. The first-order valence-electron chi connectivity index (χ1n) is 11.7. The normalized spacial score (nSPS) is 17.1. The van der Waals surface area contributed by atoms with Gasteiger partial charge < -0.3 is 9.42 Å². The van der Waals surface area contributed by atoms with E-state index >= 15 is 0 Å². The molecule has 1 aliphatic heterocycles. The summed E-state index contributed by atoms with van der Waals surface area (Å²) in [7, 11) is -2.16. The topological polar surface area (TPSA) is 83.7 Å². The number of anilines is 1. The molecule has 1 aliphatic rings. The summed E-state index contributed by atoms with van der Waals surface area (Å²) in [6.45, 7) is 6.09. The monoisotopic (exact) mass is 493 g/mol. The molecule has 1 aromatic heterocycles. The third-order valence-electron chi connectivity index (χ3n) is 6.39. The van der Waals surface area contributed by atoms with Crippen molar-refractivity contribution >= 4 is 33.8 Å². The zero-order valence-electron chi connectivity index (χ0n) is 20.6. The van der Waals surface area contributed by atoms with Crippen molar-refractivity contribution in [3.8, 4) is 0 Å². The largest absolute Gasteiger partial charge is 0.355 e. The van der Waals surface area contributed by atoms with Gasteiger partial charge in [0.2, 0.25) is 15.9 Å². The molecule has 1 atom stereocenters. The van der Waals surface area contributed by atoms with E-state index in [1.807, 2.05) is 62.4 Å². The van der Waals surface area contributed by atoms with Crippen LogP contribution in [0.4, 0.5) is 5.69 Å². The van der Waals surface area contributed by atoms with Crippen LogP contribution in [0, 0.1) is 26.7 Å². The number of piperidine rings is 1. The number of aryl methyl sites for hydroxylation is 3. The molecule has 0 N–H and O–H groups in total. The van der Waals surface area contributed by atoms with Crippen molar-refractivity contribution in [3.63, 3.8) is 0 Å². The Morgan fingerprint density at radius 3 is 2.54 bits per heavy atom. The molecule has 7 nitrogen and oxygen atoms in total. The van der Waals surface area contributed by atoms with Gasteiger partial charge in [-0.05, 0) is 62.9 Å². The van der Waals surface area contributed by atoms with Gasteiger partial charge in [-0.2, -0.15) is 4.31 Å². The Morgan fingerprint density at radius 2 is 1.83 bits per heavy atom. The third-order valence-corrected chi connectivity index (χ3v) is 8.41. The highest BCUT2D eigenvalue weighted by Crippen LogP contribution is 2.30. The summed E-state index contributed by atoms with van der Waals surface area (Å²) in [6, 6.07) is 15.6. The van der Waals surface area contributed by atoms with E-state index in [0.29, 0.717) is 25.1 Å². The van der Waals surface area contributed by atoms with Gasteiger partial charge in [0.1, 0.15) is 5.69 Å². The lowest BCUT2D eigenvalue weighted by atomic mass is 9.98. The molecular formula is C27H31N3O4S. The number of benzene rings is 2. The molecular weight excluding hydrogens is 462 g/mol. The smallest absolute Gasteiger partial charge is 0.248 e. The number of hydrogen-bond acceptors (Lipinski definition) is 5. The maximum Gasteiger partial charge on any atom is 0.248 e. The van der Waals surface area contributed by atoms with Crippen molar-refractivity contribution < 1.29 is 17.7 Å².